The smallest absolute Gasteiger partial charge is 0.0351 e. The normalized spacial score (nSPS) is 20.6. The average molecular weight is 291 g/mol. The van der Waals surface area contributed by atoms with Crippen molar-refractivity contribution >= 4 is 22.7 Å². The molecular formula is C16H21NS2. The van der Waals surface area contributed by atoms with Crippen molar-refractivity contribution in [1.29, 1.82) is 0 Å². The molecule has 0 aromatic carbocycles. The molecule has 0 radical (unpaired) electrons. The zero-order valence-electron chi connectivity index (χ0n) is 12.0. The summed E-state index contributed by atoms with van der Waals surface area (Å²) in [4.78, 5) is 2.80. The van der Waals surface area contributed by atoms with Crippen LogP contribution in [0.4, 0.5) is 0 Å². The van der Waals surface area contributed by atoms with Gasteiger partial charge in [0, 0.05) is 27.9 Å². The van der Waals surface area contributed by atoms with Crippen LogP contribution in [0.2, 0.25) is 0 Å². The molecule has 1 fully saturated rings. The van der Waals surface area contributed by atoms with E-state index in [1.807, 2.05) is 22.7 Å². The van der Waals surface area contributed by atoms with E-state index in [2.05, 4.69) is 62.0 Å². The van der Waals surface area contributed by atoms with Gasteiger partial charge in [-0.1, -0.05) is 33.8 Å². The monoisotopic (exact) mass is 291 g/mol. The summed E-state index contributed by atoms with van der Waals surface area (Å²) < 4.78 is 0. The third-order valence-electron chi connectivity index (χ3n) is 4.96. The van der Waals surface area contributed by atoms with Crippen LogP contribution in [0.3, 0.4) is 0 Å². The van der Waals surface area contributed by atoms with E-state index < -0.39 is 0 Å². The Morgan fingerprint density at radius 2 is 1.89 bits per heavy atom. The minimum absolute atomic E-state index is 0.418. The van der Waals surface area contributed by atoms with Crippen LogP contribution >= 0.6 is 22.7 Å². The van der Waals surface area contributed by atoms with Crippen LogP contribution in [0.15, 0.2) is 29.0 Å². The van der Waals surface area contributed by atoms with Gasteiger partial charge in [0.05, 0.1) is 0 Å². The van der Waals surface area contributed by atoms with Crippen molar-refractivity contribution in [3.8, 4) is 10.4 Å². The lowest BCUT2D eigenvalue weighted by Crippen LogP contribution is -2.21. The number of nitrogens with one attached hydrogen (secondary N) is 1. The van der Waals surface area contributed by atoms with E-state index in [1.165, 1.54) is 15.3 Å². The van der Waals surface area contributed by atoms with E-state index >= 15 is 0 Å². The lowest BCUT2D eigenvalue weighted by molar-refractivity contribution is 0.457. The molecule has 0 bridgehead atoms. The molecule has 0 spiro atoms. The SMILES string of the molecule is CC1(C)C(NCc2cc(-c3cccs3)cs2)C1(C)C. The summed E-state index contributed by atoms with van der Waals surface area (Å²) in [6.45, 7) is 10.4. The topological polar surface area (TPSA) is 12.0 Å². The molecule has 1 N–H and O–H groups in total. The van der Waals surface area contributed by atoms with Gasteiger partial charge in [-0.2, -0.15) is 0 Å². The van der Waals surface area contributed by atoms with Crippen LogP contribution in [0.5, 0.6) is 0 Å². The van der Waals surface area contributed by atoms with Gasteiger partial charge < -0.3 is 5.32 Å². The van der Waals surface area contributed by atoms with E-state index in [0.29, 0.717) is 16.9 Å². The van der Waals surface area contributed by atoms with Crippen molar-refractivity contribution < 1.29 is 0 Å². The molecule has 1 saturated carbocycles. The highest BCUT2D eigenvalue weighted by Crippen LogP contribution is 2.62. The van der Waals surface area contributed by atoms with Gasteiger partial charge in [0.25, 0.3) is 0 Å². The van der Waals surface area contributed by atoms with Crippen LogP contribution in [-0.2, 0) is 6.54 Å². The van der Waals surface area contributed by atoms with Gasteiger partial charge in [-0.25, -0.2) is 0 Å². The third-order valence-corrected chi connectivity index (χ3v) is 6.82. The highest BCUT2D eigenvalue weighted by molar-refractivity contribution is 7.14. The van der Waals surface area contributed by atoms with E-state index in [4.69, 9.17) is 0 Å². The Hall–Kier alpha value is -0.640. The molecule has 1 aliphatic carbocycles. The van der Waals surface area contributed by atoms with Crippen molar-refractivity contribution in [2.75, 3.05) is 0 Å². The minimum atomic E-state index is 0.418. The van der Waals surface area contributed by atoms with E-state index in [9.17, 15) is 0 Å². The van der Waals surface area contributed by atoms with Gasteiger partial charge in [0.1, 0.15) is 0 Å². The summed E-state index contributed by atoms with van der Waals surface area (Å²) in [5.41, 5.74) is 2.20. The zero-order valence-corrected chi connectivity index (χ0v) is 13.6. The molecule has 2 aromatic heterocycles. The summed E-state index contributed by atoms with van der Waals surface area (Å²) in [5.74, 6) is 0. The fraction of sp³-hybridized carbons (Fsp3) is 0.500. The molecule has 1 aliphatic rings. The first-order valence-electron chi connectivity index (χ1n) is 6.77. The van der Waals surface area contributed by atoms with E-state index in [0.717, 1.165) is 6.54 Å². The Labute approximate surface area is 123 Å². The Balaban J connectivity index is 1.63. The number of rotatable bonds is 4. The van der Waals surface area contributed by atoms with Crippen molar-refractivity contribution in [2.45, 2.75) is 40.3 Å². The average Bonchev–Trinajstić information content (AvgIpc) is 2.87. The maximum absolute atomic E-state index is 3.73. The number of thiophene rings is 2. The van der Waals surface area contributed by atoms with Gasteiger partial charge in [-0.15, -0.1) is 22.7 Å². The Morgan fingerprint density at radius 3 is 2.47 bits per heavy atom. The molecular weight excluding hydrogens is 270 g/mol. The first-order chi connectivity index (χ1) is 8.93. The Bertz CT molecular complexity index is 549. The molecule has 1 nitrogen and oxygen atoms in total. The number of hydrogen-bond donors (Lipinski definition) is 1. The molecule has 3 rings (SSSR count). The molecule has 0 aliphatic heterocycles. The molecule has 2 heterocycles. The number of hydrogen-bond acceptors (Lipinski definition) is 3. The van der Waals surface area contributed by atoms with Crippen molar-refractivity contribution in [1.82, 2.24) is 5.32 Å². The molecule has 3 heteroatoms. The minimum Gasteiger partial charge on any atom is -0.308 e. The molecule has 0 saturated heterocycles. The summed E-state index contributed by atoms with van der Waals surface area (Å²) in [6.07, 6.45) is 0. The summed E-state index contributed by atoms with van der Waals surface area (Å²) >= 11 is 3.67. The summed E-state index contributed by atoms with van der Waals surface area (Å²) in [7, 11) is 0. The molecule has 0 atom stereocenters. The largest absolute Gasteiger partial charge is 0.308 e. The maximum Gasteiger partial charge on any atom is 0.0351 e. The van der Waals surface area contributed by atoms with Crippen LogP contribution in [0.1, 0.15) is 32.6 Å². The second-order valence-electron chi connectivity index (χ2n) is 6.54. The molecule has 2 aromatic rings. The van der Waals surface area contributed by atoms with Crippen molar-refractivity contribution in [3.05, 3.63) is 33.8 Å². The van der Waals surface area contributed by atoms with Gasteiger partial charge in [-0.05, 0) is 33.7 Å². The Morgan fingerprint density at radius 1 is 1.16 bits per heavy atom. The van der Waals surface area contributed by atoms with Gasteiger partial charge in [0.2, 0.25) is 0 Å². The lowest BCUT2D eigenvalue weighted by Gasteiger charge is -2.04. The van der Waals surface area contributed by atoms with E-state index in [1.54, 1.807) is 0 Å². The predicted octanol–water partition coefficient (Wildman–Crippen LogP) is 5.00. The molecule has 0 amide bonds. The van der Waals surface area contributed by atoms with Crippen molar-refractivity contribution in [3.63, 3.8) is 0 Å². The fourth-order valence-electron chi connectivity index (χ4n) is 2.95. The fourth-order valence-corrected chi connectivity index (χ4v) is 4.58. The van der Waals surface area contributed by atoms with Gasteiger partial charge in [0.15, 0.2) is 0 Å². The standard InChI is InChI=1S/C16H21NS2/c1-15(2)14(16(15,3)4)17-9-12-8-11(10-19-12)13-6-5-7-18-13/h5-8,10,14,17H,9H2,1-4H3. The van der Waals surface area contributed by atoms with Crippen molar-refractivity contribution in [2.24, 2.45) is 10.8 Å². The zero-order chi connectivity index (χ0) is 13.7. The maximum atomic E-state index is 3.73. The third kappa shape index (κ3) is 2.18. The predicted molar refractivity (Wildman–Crippen MR) is 85.8 cm³/mol. The van der Waals surface area contributed by atoms with Crippen LogP contribution in [0, 0.1) is 10.8 Å². The lowest BCUT2D eigenvalue weighted by atomic mass is 10.0. The Kier molecular flexibility index (Phi) is 3.12. The highest BCUT2D eigenvalue weighted by Gasteiger charge is 2.64. The molecule has 19 heavy (non-hydrogen) atoms. The first kappa shape index (κ1) is 13.3. The van der Waals surface area contributed by atoms with E-state index in [-0.39, 0.29) is 0 Å². The van der Waals surface area contributed by atoms with Gasteiger partial charge in [-0.3, -0.25) is 0 Å². The first-order valence-corrected chi connectivity index (χ1v) is 8.53. The quantitative estimate of drug-likeness (QED) is 0.835. The van der Waals surface area contributed by atoms with Crippen LogP contribution in [0.25, 0.3) is 10.4 Å². The summed E-state index contributed by atoms with van der Waals surface area (Å²) in [5, 5.41) is 8.13. The van der Waals surface area contributed by atoms with Crippen LogP contribution in [-0.4, -0.2) is 6.04 Å². The second-order valence-corrected chi connectivity index (χ2v) is 8.48. The highest BCUT2D eigenvalue weighted by atomic mass is 32.1. The second kappa shape index (κ2) is 4.44. The van der Waals surface area contributed by atoms with Crippen LogP contribution < -0.4 is 5.32 Å². The molecule has 0 unspecified atom stereocenters. The van der Waals surface area contributed by atoms with Gasteiger partial charge >= 0.3 is 0 Å². The summed E-state index contributed by atoms with van der Waals surface area (Å²) in [6, 6.07) is 7.26. The molecule has 102 valence electrons.